The molecule has 0 bridgehead atoms. The molecule has 2 N–H and O–H groups in total. The van der Waals surface area contributed by atoms with Crippen LogP contribution in [0.15, 0.2) is 36.4 Å². The fraction of sp³-hybridized carbons (Fsp3) is 0.417. The van der Waals surface area contributed by atoms with Crippen LogP contribution in [0.1, 0.15) is 30.0 Å². The molecule has 0 spiro atoms. The Morgan fingerprint density at radius 3 is 2.53 bits per heavy atom. The largest absolute Gasteiger partial charge is 0.490 e. The number of rotatable bonds is 6. The molecule has 170 valence electrons. The third-order valence-corrected chi connectivity index (χ3v) is 5.82. The summed E-state index contributed by atoms with van der Waals surface area (Å²) in [6, 6.07) is 10.4. The molecule has 0 saturated carbocycles. The molecule has 0 aliphatic carbocycles. The molecule has 4 rings (SSSR count). The summed E-state index contributed by atoms with van der Waals surface area (Å²) in [5.74, 6) is 1.41. The summed E-state index contributed by atoms with van der Waals surface area (Å²) in [7, 11) is 0. The molecule has 32 heavy (non-hydrogen) atoms. The molecule has 2 aliphatic rings. The number of carbonyl (C=O) groups is 2. The number of imide groups is 1. The average Bonchev–Trinajstić information content (AvgIpc) is 2.92. The van der Waals surface area contributed by atoms with Crippen LogP contribution in [-0.4, -0.2) is 54.4 Å². The van der Waals surface area contributed by atoms with Gasteiger partial charge in [-0.1, -0.05) is 24.3 Å². The minimum absolute atomic E-state index is 0.0382. The van der Waals surface area contributed by atoms with Gasteiger partial charge in [-0.15, -0.1) is 0 Å². The van der Waals surface area contributed by atoms with Gasteiger partial charge in [0.15, 0.2) is 11.5 Å². The number of urea groups is 1. The maximum Gasteiger partial charge on any atom is 0.325 e. The summed E-state index contributed by atoms with van der Waals surface area (Å²) in [5, 5.41) is 13.2. The molecule has 2 aromatic carbocycles. The van der Waals surface area contributed by atoms with Crippen LogP contribution in [0.2, 0.25) is 0 Å². The molecular weight excluding hydrogens is 412 g/mol. The van der Waals surface area contributed by atoms with E-state index in [1.807, 2.05) is 32.0 Å². The lowest BCUT2D eigenvalue weighted by Crippen LogP contribution is -2.42. The first kappa shape index (κ1) is 22.0. The van der Waals surface area contributed by atoms with Crippen LogP contribution in [-0.2, 0) is 10.3 Å². The number of para-hydroxylation sites is 1. The Bertz CT molecular complexity index is 1020. The molecule has 2 aromatic rings. The number of nitrogens with one attached hydrogen (secondary N) is 1. The molecule has 3 amide bonds. The van der Waals surface area contributed by atoms with E-state index in [4.69, 9.17) is 14.2 Å². The molecule has 2 heterocycles. The zero-order valence-corrected chi connectivity index (χ0v) is 18.5. The van der Waals surface area contributed by atoms with Crippen LogP contribution < -0.4 is 19.5 Å². The fourth-order valence-corrected chi connectivity index (χ4v) is 4.00. The Kier molecular flexibility index (Phi) is 5.97. The van der Waals surface area contributed by atoms with Crippen LogP contribution in [0, 0.1) is 13.8 Å². The number of aliphatic hydroxyl groups excluding tert-OH is 1. The number of amides is 3. The van der Waals surface area contributed by atoms with Gasteiger partial charge >= 0.3 is 6.03 Å². The normalized spacial score (nSPS) is 21.2. The summed E-state index contributed by atoms with van der Waals surface area (Å²) in [6.45, 7) is 6.37. The summed E-state index contributed by atoms with van der Waals surface area (Å²) >= 11 is 0. The highest BCUT2D eigenvalue weighted by Gasteiger charge is 2.49. The summed E-state index contributed by atoms with van der Waals surface area (Å²) < 4.78 is 17.1. The molecule has 1 saturated heterocycles. The van der Waals surface area contributed by atoms with Crippen molar-refractivity contribution in [2.75, 3.05) is 26.4 Å². The molecular formula is C24H28N2O6. The van der Waals surface area contributed by atoms with Gasteiger partial charge in [0.2, 0.25) is 0 Å². The van der Waals surface area contributed by atoms with Gasteiger partial charge in [0.05, 0.1) is 19.8 Å². The van der Waals surface area contributed by atoms with Crippen LogP contribution >= 0.6 is 0 Å². The van der Waals surface area contributed by atoms with Gasteiger partial charge in [0.1, 0.15) is 24.0 Å². The monoisotopic (exact) mass is 440 g/mol. The SMILES string of the molecule is Cc1cccc(C)c1OC[C@@H](O)CN1C(=O)N[C@](C)(c2ccc3c(c2)OCCCO3)C1=O. The van der Waals surface area contributed by atoms with Crippen molar-refractivity contribution in [2.45, 2.75) is 38.8 Å². The van der Waals surface area contributed by atoms with Crippen LogP contribution in [0.3, 0.4) is 0 Å². The number of aliphatic hydroxyl groups is 1. The van der Waals surface area contributed by atoms with Gasteiger partial charge in [0, 0.05) is 6.42 Å². The summed E-state index contributed by atoms with van der Waals surface area (Å²) in [6.07, 6.45) is -0.262. The zero-order chi connectivity index (χ0) is 22.9. The minimum Gasteiger partial charge on any atom is -0.490 e. The zero-order valence-electron chi connectivity index (χ0n) is 18.5. The van der Waals surface area contributed by atoms with E-state index in [2.05, 4.69) is 5.32 Å². The van der Waals surface area contributed by atoms with Gasteiger partial charge in [-0.05, 0) is 49.6 Å². The van der Waals surface area contributed by atoms with Crippen molar-refractivity contribution in [2.24, 2.45) is 0 Å². The maximum absolute atomic E-state index is 13.2. The van der Waals surface area contributed by atoms with Crippen LogP contribution in [0.25, 0.3) is 0 Å². The second-order valence-corrected chi connectivity index (χ2v) is 8.37. The molecule has 0 aromatic heterocycles. The number of aryl methyl sites for hydroxylation is 2. The molecule has 8 heteroatoms. The molecule has 0 unspecified atom stereocenters. The van der Waals surface area contributed by atoms with Crippen LogP contribution in [0.4, 0.5) is 4.79 Å². The maximum atomic E-state index is 13.2. The molecule has 2 atom stereocenters. The number of benzene rings is 2. The Morgan fingerprint density at radius 1 is 1.12 bits per heavy atom. The second-order valence-electron chi connectivity index (χ2n) is 8.37. The number of hydrogen-bond acceptors (Lipinski definition) is 6. The van der Waals surface area contributed by atoms with Gasteiger partial charge in [-0.25, -0.2) is 4.79 Å². The van der Waals surface area contributed by atoms with E-state index < -0.39 is 23.6 Å². The van der Waals surface area contributed by atoms with Crippen molar-refractivity contribution in [3.63, 3.8) is 0 Å². The number of ether oxygens (including phenoxy) is 3. The second kappa shape index (κ2) is 8.70. The third kappa shape index (κ3) is 4.10. The molecule has 1 fully saturated rings. The first-order valence-corrected chi connectivity index (χ1v) is 10.7. The Morgan fingerprint density at radius 2 is 1.81 bits per heavy atom. The predicted molar refractivity (Wildman–Crippen MR) is 117 cm³/mol. The predicted octanol–water partition coefficient (Wildman–Crippen LogP) is 2.67. The van der Waals surface area contributed by atoms with E-state index in [1.54, 1.807) is 25.1 Å². The number of carbonyl (C=O) groups excluding carboxylic acids is 2. The van der Waals surface area contributed by atoms with E-state index >= 15 is 0 Å². The topological polar surface area (TPSA) is 97.3 Å². The molecule has 0 radical (unpaired) electrons. The highest BCUT2D eigenvalue weighted by atomic mass is 16.5. The number of fused-ring (bicyclic) bond motifs is 1. The van der Waals surface area contributed by atoms with Crippen molar-refractivity contribution >= 4 is 11.9 Å². The lowest BCUT2D eigenvalue weighted by atomic mass is 9.91. The van der Waals surface area contributed by atoms with Crippen molar-refractivity contribution < 1.29 is 28.9 Å². The van der Waals surface area contributed by atoms with Crippen LogP contribution in [0.5, 0.6) is 17.2 Å². The lowest BCUT2D eigenvalue weighted by Gasteiger charge is -2.24. The van der Waals surface area contributed by atoms with Gasteiger partial charge in [0.25, 0.3) is 5.91 Å². The highest BCUT2D eigenvalue weighted by molar-refractivity contribution is 6.07. The first-order valence-electron chi connectivity index (χ1n) is 10.7. The summed E-state index contributed by atoms with van der Waals surface area (Å²) in [5.41, 5.74) is 1.22. The molecule has 2 aliphatic heterocycles. The Hall–Kier alpha value is -3.26. The van der Waals surface area contributed by atoms with E-state index in [0.29, 0.717) is 36.0 Å². The Balaban J connectivity index is 1.46. The van der Waals surface area contributed by atoms with Crippen molar-refractivity contribution in [3.8, 4) is 17.2 Å². The van der Waals surface area contributed by atoms with Gasteiger partial charge in [-0.2, -0.15) is 0 Å². The highest BCUT2D eigenvalue weighted by Crippen LogP contribution is 2.36. The number of hydrogen-bond donors (Lipinski definition) is 2. The van der Waals surface area contributed by atoms with E-state index in [1.165, 1.54) is 0 Å². The first-order chi connectivity index (χ1) is 15.3. The minimum atomic E-state index is -1.27. The molecule has 8 nitrogen and oxygen atoms in total. The summed E-state index contributed by atoms with van der Waals surface area (Å²) in [4.78, 5) is 26.9. The van der Waals surface area contributed by atoms with Gasteiger partial charge < -0.3 is 24.6 Å². The smallest absolute Gasteiger partial charge is 0.325 e. The third-order valence-electron chi connectivity index (χ3n) is 5.82. The fourth-order valence-electron chi connectivity index (χ4n) is 4.00. The quantitative estimate of drug-likeness (QED) is 0.671. The lowest BCUT2D eigenvalue weighted by molar-refractivity contribution is -0.132. The van der Waals surface area contributed by atoms with Crippen molar-refractivity contribution in [1.29, 1.82) is 0 Å². The van der Waals surface area contributed by atoms with E-state index in [-0.39, 0.29) is 13.2 Å². The average molecular weight is 440 g/mol. The van der Waals surface area contributed by atoms with Crippen molar-refractivity contribution in [3.05, 3.63) is 53.1 Å². The number of β-amino-alcohol motifs (C(OH)–C–C–N with tert-alkyl or cyclic N) is 1. The Labute approximate surface area is 187 Å². The number of nitrogens with zero attached hydrogens (tertiary/aromatic N) is 1. The van der Waals surface area contributed by atoms with Crippen molar-refractivity contribution in [1.82, 2.24) is 10.2 Å². The van der Waals surface area contributed by atoms with E-state index in [0.717, 1.165) is 22.4 Å². The van der Waals surface area contributed by atoms with E-state index in [9.17, 15) is 14.7 Å². The standard InChI is InChI=1S/C24H28N2O6/c1-15-6-4-7-16(2)21(15)32-14-18(27)13-26-22(28)24(3,25-23(26)29)17-8-9-19-20(12-17)31-11-5-10-30-19/h4,6-9,12,18,27H,5,10-11,13-14H2,1-3H3,(H,25,29)/t18-,24+/m0/s1. The van der Waals surface area contributed by atoms with Gasteiger partial charge in [-0.3, -0.25) is 9.69 Å².